The van der Waals surface area contributed by atoms with Gasteiger partial charge in [0.1, 0.15) is 6.54 Å². The first-order chi connectivity index (χ1) is 17.6. The number of amides is 3. The van der Waals surface area contributed by atoms with Gasteiger partial charge in [-0.25, -0.2) is 0 Å². The number of hydrogen-bond donors (Lipinski definition) is 0. The highest BCUT2D eigenvalue weighted by molar-refractivity contribution is 8.18. The number of rotatable bonds is 7. The molecule has 3 aromatic rings. The maximum absolute atomic E-state index is 13.1. The Bertz CT molecular complexity index is 1290. The summed E-state index contributed by atoms with van der Waals surface area (Å²) < 4.78 is 1.97. The van der Waals surface area contributed by atoms with Gasteiger partial charge in [-0.3, -0.25) is 19.3 Å². The lowest BCUT2D eigenvalue weighted by Crippen LogP contribution is -2.34. The van der Waals surface area contributed by atoms with Crippen molar-refractivity contribution in [1.29, 1.82) is 0 Å². The number of fused-ring (bicyclic) bond motifs is 1. The molecule has 5 rings (SSSR count). The molecular formula is C29H31N3O3S. The maximum Gasteiger partial charge on any atom is 0.293 e. The highest BCUT2D eigenvalue weighted by Gasteiger charge is 2.34. The van der Waals surface area contributed by atoms with E-state index < -0.39 is 0 Å². The highest BCUT2D eigenvalue weighted by atomic mass is 32.2. The van der Waals surface area contributed by atoms with E-state index in [4.69, 9.17) is 0 Å². The monoisotopic (exact) mass is 501 g/mol. The van der Waals surface area contributed by atoms with Crippen molar-refractivity contribution in [3.05, 3.63) is 76.8 Å². The molecule has 3 heterocycles. The number of likely N-dealkylation sites (tertiary alicyclic amines) is 1. The summed E-state index contributed by atoms with van der Waals surface area (Å²) in [6.45, 7) is 2.32. The third-order valence-electron chi connectivity index (χ3n) is 6.93. The molecule has 7 heteroatoms. The van der Waals surface area contributed by atoms with E-state index in [0.29, 0.717) is 11.4 Å². The molecule has 0 N–H and O–H groups in total. The van der Waals surface area contributed by atoms with Crippen LogP contribution < -0.4 is 0 Å². The summed E-state index contributed by atoms with van der Waals surface area (Å²) in [5, 5.41) is 0.747. The van der Waals surface area contributed by atoms with Gasteiger partial charge in [0, 0.05) is 42.3 Å². The van der Waals surface area contributed by atoms with Crippen LogP contribution in [0.3, 0.4) is 0 Å². The minimum absolute atomic E-state index is 0.128. The van der Waals surface area contributed by atoms with E-state index in [9.17, 15) is 14.4 Å². The minimum Gasteiger partial charge on any atom is -0.341 e. The summed E-state index contributed by atoms with van der Waals surface area (Å²) in [5.41, 5.74) is 3.00. The zero-order valence-electron chi connectivity index (χ0n) is 20.4. The van der Waals surface area contributed by atoms with Crippen LogP contribution in [0.2, 0.25) is 0 Å². The molecule has 2 aliphatic rings. The van der Waals surface area contributed by atoms with Gasteiger partial charge >= 0.3 is 0 Å². The van der Waals surface area contributed by atoms with Crippen LogP contribution in [0.15, 0.2) is 65.7 Å². The Labute approximate surface area is 215 Å². The molecule has 2 aliphatic heterocycles. The van der Waals surface area contributed by atoms with Crippen molar-refractivity contribution in [2.45, 2.75) is 45.1 Å². The molecule has 36 heavy (non-hydrogen) atoms. The lowest BCUT2D eigenvalue weighted by atomic mass is 10.1. The predicted octanol–water partition coefficient (Wildman–Crippen LogP) is 5.71. The molecule has 1 aromatic heterocycles. The fourth-order valence-corrected chi connectivity index (χ4v) is 5.86. The molecular weight excluding hydrogens is 470 g/mol. The van der Waals surface area contributed by atoms with Crippen molar-refractivity contribution in [3.63, 3.8) is 0 Å². The Kier molecular flexibility index (Phi) is 7.56. The smallest absolute Gasteiger partial charge is 0.293 e. The first-order valence-corrected chi connectivity index (χ1v) is 13.6. The van der Waals surface area contributed by atoms with Crippen LogP contribution in [0.1, 0.15) is 43.2 Å². The summed E-state index contributed by atoms with van der Waals surface area (Å²) in [5.74, 6) is -0.113. The average Bonchev–Trinajstić information content (AvgIpc) is 3.20. The van der Waals surface area contributed by atoms with Gasteiger partial charge in [0.05, 0.1) is 4.91 Å². The summed E-state index contributed by atoms with van der Waals surface area (Å²) >= 11 is 0.994. The van der Waals surface area contributed by atoms with Crippen molar-refractivity contribution in [1.82, 2.24) is 14.4 Å². The van der Waals surface area contributed by atoms with Gasteiger partial charge < -0.3 is 9.47 Å². The predicted molar refractivity (Wildman–Crippen MR) is 144 cm³/mol. The van der Waals surface area contributed by atoms with Crippen LogP contribution in [0.25, 0.3) is 17.0 Å². The molecule has 0 unspecified atom stereocenters. The quantitative estimate of drug-likeness (QED) is 0.389. The number of carbonyl (C=O) groups excluding carboxylic acids is 3. The van der Waals surface area contributed by atoms with Crippen LogP contribution in [0, 0.1) is 0 Å². The van der Waals surface area contributed by atoms with Crippen molar-refractivity contribution in [3.8, 4) is 0 Å². The largest absolute Gasteiger partial charge is 0.341 e. The number of thioether (sulfide) groups is 1. The van der Waals surface area contributed by atoms with Crippen LogP contribution in [0.5, 0.6) is 0 Å². The van der Waals surface area contributed by atoms with Gasteiger partial charge in [-0.05, 0) is 55.2 Å². The van der Waals surface area contributed by atoms with Gasteiger partial charge in [0.2, 0.25) is 5.91 Å². The van der Waals surface area contributed by atoms with E-state index in [2.05, 4.69) is 12.1 Å². The second-order valence-corrected chi connectivity index (χ2v) is 10.4. The number of aromatic nitrogens is 1. The molecule has 186 valence electrons. The van der Waals surface area contributed by atoms with E-state index in [1.807, 2.05) is 58.1 Å². The molecule has 2 saturated heterocycles. The topological polar surface area (TPSA) is 62.6 Å². The third-order valence-corrected chi connectivity index (χ3v) is 7.84. The van der Waals surface area contributed by atoms with E-state index in [0.717, 1.165) is 67.0 Å². The number of benzene rings is 2. The summed E-state index contributed by atoms with van der Waals surface area (Å²) in [6.07, 6.45) is 9.77. The van der Waals surface area contributed by atoms with E-state index in [-0.39, 0.29) is 23.6 Å². The van der Waals surface area contributed by atoms with Gasteiger partial charge in [0.15, 0.2) is 0 Å². The maximum atomic E-state index is 13.1. The standard InChI is InChI=1S/C29H31N3O3S/c33-27(30-16-8-1-2-9-17-30)21-31-20-23(24-14-6-7-15-25(24)31)19-26-28(34)32(29(35)36-26)18-10-13-22-11-4-3-5-12-22/h3-7,11-12,14-15,19-20H,1-2,8-10,13,16-18,21H2/b26-19-. The van der Waals surface area contributed by atoms with Gasteiger partial charge in [-0.15, -0.1) is 0 Å². The molecule has 0 aliphatic carbocycles. The van der Waals surface area contributed by atoms with Crippen LogP contribution >= 0.6 is 11.8 Å². The molecule has 0 saturated carbocycles. The van der Waals surface area contributed by atoms with Crippen LogP contribution in [0.4, 0.5) is 4.79 Å². The molecule has 2 aromatic carbocycles. The molecule has 3 amide bonds. The molecule has 6 nitrogen and oxygen atoms in total. The van der Waals surface area contributed by atoms with Gasteiger partial charge in [0.25, 0.3) is 11.1 Å². The fourth-order valence-electron chi connectivity index (χ4n) is 5.01. The average molecular weight is 502 g/mol. The second kappa shape index (κ2) is 11.2. The number of aryl methyl sites for hydroxylation is 1. The molecule has 0 atom stereocenters. The van der Waals surface area contributed by atoms with E-state index >= 15 is 0 Å². The summed E-state index contributed by atoms with van der Waals surface area (Å²) in [7, 11) is 0. The van der Waals surface area contributed by atoms with Gasteiger partial charge in [-0.2, -0.15) is 0 Å². The Morgan fingerprint density at radius 2 is 1.64 bits per heavy atom. The molecule has 0 spiro atoms. The zero-order valence-corrected chi connectivity index (χ0v) is 21.2. The molecule has 2 fully saturated rings. The third kappa shape index (κ3) is 5.41. The fraction of sp³-hybridized carbons (Fsp3) is 0.345. The lowest BCUT2D eigenvalue weighted by Gasteiger charge is -2.20. The number of nitrogens with zero attached hydrogens (tertiary/aromatic N) is 3. The lowest BCUT2D eigenvalue weighted by molar-refractivity contribution is -0.131. The van der Waals surface area contributed by atoms with E-state index in [1.54, 1.807) is 6.08 Å². The minimum atomic E-state index is -0.240. The SMILES string of the molecule is O=C(Cn1cc(/C=C2\SC(=O)N(CCCc3ccccc3)C2=O)c2ccccc21)N1CCCCCC1. The number of para-hydroxylation sites is 1. The first kappa shape index (κ1) is 24.4. The number of carbonyl (C=O) groups is 3. The Morgan fingerprint density at radius 3 is 2.42 bits per heavy atom. The molecule has 0 bridgehead atoms. The summed E-state index contributed by atoms with van der Waals surface area (Å²) in [4.78, 5) is 42.5. The van der Waals surface area contributed by atoms with Crippen molar-refractivity contribution >= 4 is 45.8 Å². The van der Waals surface area contributed by atoms with E-state index in [1.165, 1.54) is 23.3 Å². The Hall–Kier alpha value is -3.32. The highest BCUT2D eigenvalue weighted by Crippen LogP contribution is 2.34. The Balaban J connectivity index is 1.32. The van der Waals surface area contributed by atoms with Crippen molar-refractivity contribution < 1.29 is 14.4 Å². The van der Waals surface area contributed by atoms with Gasteiger partial charge in [-0.1, -0.05) is 61.4 Å². The number of imide groups is 1. The van der Waals surface area contributed by atoms with Crippen molar-refractivity contribution in [2.24, 2.45) is 0 Å². The zero-order chi connectivity index (χ0) is 24.9. The normalized spacial score (nSPS) is 17.8. The Morgan fingerprint density at radius 1 is 0.917 bits per heavy atom. The first-order valence-electron chi connectivity index (χ1n) is 12.7. The molecule has 0 radical (unpaired) electrons. The van der Waals surface area contributed by atoms with Crippen molar-refractivity contribution in [2.75, 3.05) is 19.6 Å². The second-order valence-electron chi connectivity index (χ2n) is 9.45. The number of hydrogen-bond acceptors (Lipinski definition) is 4. The summed E-state index contributed by atoms with van der Waals surface area (Å²) in [6, 6.07) is 18.0. The van der Waals surface area contributed by atoms with Crippen LogP contribution in [-0.2, 0) is 22.6 Å². The van der Waals surface area contributed by atoms with Crippen LogP contribution in [-0.4, -0.2) is 51.1 Å².